The van der Waals surface area contributed by atoms with Gasteiger partial charge in [0.2, 0.25) is 10.0 Å². The molecule has 0 aliphatic carbocycles. The summed E-state index contributed by atoms with van der Waals surface area (Å²) in [5.74, 6) is 0.485. The Morgan fingerprint density at radius 1 is 1.35 bits per heavy atom. The van der Waals surface area contributed by atoms with Crippen molar-refractivity contribution in [3.05, 3.63) is 24.4 Å². The van der Waals surface area contributed by atoms with E-state index in [1.54, 1.807) is 24.4 Å². The van der Waals surface area contributed by atoms with Gasteiger partial charge in [-0.3, -0.25) is 5.32 Å². The lowest BCUT2D eigenvalue weighted by atomic mass is 10.1. The molecule has 0 atom stereocenters. The number of amides is 2. The van der Waals surface area contributed by atoms with Gasteiger partial charge < -0.3 is 5.32 Å². The van der Waals surface area contributed by atoms with Gasteiger partial charge in [-0.1, -0.05) is 6.07 Å². The predicted octanol–water partition coefficient (Wildman–Crippen LogP) is 0.627. The molecule has 1 aromatic heterocycles. The van der Waals surface area contributed by atoms with Crippen LogP contribution in [0.4, 0.5) is 10.6 Å². The van der Waals surface area contributed by atoms with Crippen molar-refractivity contribution in [2.45, 2.75) is 18.9 Å². The van der Waals surface area contributed by atoms with Gasteiger partial charge in [0.1, 0.15) is 5.82 Å². The largest absolute Gasteiger partial charge is 0.335 e. The van der Waals surface area contributed by atoms with Gasteiger partial charge in [-0.25, -0.2) is 22.5 Å². The standard InChI is InChI=1S/C12H18N4O3S/c1-20(18,19)16-8-5-10(6-9-16)14-12(17)15-11-4-2-3-7-13-11/h2-4,7,10H,5-6,8-9H2,1H3,(H2,13,14,15,17). The van der Waals surface area contributed by atoms with Crippen LogP contribution in [0.5, 0.6) is 0 Å². The second-order valence-corrected chi connectivity index (χ2v) is 6.73. The third-order valence-electron chi connectivity index (χ3n) is 3.16. The number of piperidine rings is 1. The Hall–Kier alpha value is -1.67. The first kappa shape index (κ1) is 14.7. The van der Waals surface area contributed by atoms with Crippen LogP contribution in [0.3, 0.4) is 0 Å². The monoisotopic (exact) mass is 298 g/mol. The molecule has 0 aromatic carbocycles. The maximum atomic E-state index is 11.8. The Morgan fingerprint density at radius 2 is 2.05 bits per heavy atom. The minimum atomic E-state index is -3.13. The number of carbonyl (C=O) groups excluding carboxylic acids is 1. The van der Waals surface area contributed by atoms with Crippen molar-refractivity contribution in [3.63, 3.8) is 0 Å². The lowest BCUT2D eigenvalue weighted by Gasteiger charge is -2.30. The fraction of sp³-hybridized carbons (Fsp3) is 0.500. The smallest absolute Gasteiger partial charge is 0.320 e. The van der Waals surface area contributed by atoms with Crippen molar-refractivity contribution in [1.82, 2.24) is 14.6 Å². The van der Waals surface area contributed by atoms with Crippen molar-refractivity contribution in [2.75, 3.05) is 24.7 Å². The summed E-state index contributed by atoms with van der Waals surface area (Å²) >= 11 is 0. The molecule has 0 saturated carbocycles. The molecule has 2 rings (SSSR count). The summed E-state index contributed by atoms with van der Waals surface area (Å²) in [6.07, 6.45) is 4.03. The normalized spacial score (nSPS) is 17.6. The molecule has 8 heteroatoms. The molecule has 0 radical (unpaired) electrons. The van der Waals surface area contributed by atoms with E-state index >= 15 is 0 Å². The van der Waals surface area contributed by atoms with Gasteiger partial charge in [-0.05, 0) is 25.0 Å². The van der Waals surface area contributed by atoms with E-state index in [4.69, 9.17) is 0 Å². The van der Waals surface area contributed by atoms with E-state index < -0.39 is 10.0 Å². The number of hydrogen-bond donors (Lipinski definition) is 2. The van der Waals surface area contributed by atoms with Gasteiger partial charge >= 0.3 is 6.03 Å². The number of anilines is 1. The van der Waals surface area contributed by atoms with Gasteiger partial charge in [0.05, 0.1) is 6.26 Å². The van der Waals surface area contributed by atoms with Crippen LogP contribution in [-0.4, -0.2) is 49.1 Å². The van der Waals surface area contributed by atoms with Crippen LogP contribution in [0.15, 0.2) is 24.4 Å². The van der Waals surface area contributed by atoms with E-state index in [1.165, 1.54) is 10.6 Å². The molecule has 2 N–H and O–H groups in total. The average Bonchev–Trinajstić information content (AvgIpc) is 2.39. The summed E-state index contributed by atoms with van der Waals surface area (Å²) < 4.78 is 24.2. The lowest BCUT2D eigenvalue weighted by molar-refractivity contribution is 0.238. The first-order chi connectivity index (χ1) is 9.45. The molecule has 20 heavy (non-hydrogen) atoms. The molecule has 1 fully saturated rings. The highest BCUT2D eigenvalue weighted by molar-refractivity contribution is 7.88. The van der Waals surface area contributed by atoms with Gasteiger partial charge in [0, 0.05) is 25.3 Å². The van der Waals surface area contributed by atoms with Crippen LogP contribution in [0, 0.1) is 0 Å². The molecule has 110 valence electrons. The molecule has 1 aliphatic rings. The minimum Gasteiger partial charge on any atom is -0.335 e. The van der Waals surface area contributed by atoms with Gasteiger partial charge in [-0.2, -0.15) is 0 Å². The number of rotatable bonds is 3. The Morgan fingerprint density at radius 3 is 2.60 bits per heavy atom. The van der Waals surface area contributed by atoms with Crippen LogP contribution in [0.2, 0.25) is 0 Å². The fourth-order valence-corrected chi connectivity index (χ4v) is 2.98. The third kappa shape index (κ3) is 4.17. The molecular formula is C12H18N4O3S. The van der Waals surface area contributed by atoms with Crippen LogP contribution in [0.25, 0.3) is 0 Å². The zero-order chi connectivity index (χ0) is 14.6. The Labute approximate surface area is 118 Å². The highest BCUT2D eigenvalue weighted by atomic mass is 32.2. The van der Waals surface area contributed by atoms with Gasteiger partial charge in [0.25, 0.3) is 0 Å². The van der Waals surface area contributed by atoms with E-state index in [0.29, 0.717) is 31.7 Å². The number of aromatic nitrogens is 1. The lowest BCUT2D eigenvalue weighted by Crippen LogP contribution is -2.47. The molecule has 0 spiro atoms. The van der Waals surface area contributed by atoms with E-state index in [-0.39, 0.29) is 12.1 Å². The van der Waals surface area contributed by atoms with E-state index in [2.05, 4.69) is 15.6 Å². The highest BCUT2D eigenvalue weighted by Crippen LogP contribution is 2.13. The first-order valence-electron chi connectivity index (χ1n) is 6.39. The number of hydrogen-bond acceptors (Lipinski definition) is 4. The van der Waals surface area contributed by atoms with Gasteiger partial charge in [0.15, 0.2) is 0 Å². The first-order valence-corrected chi connectivity index (χ1v) is 8.23. The SMILES string of the molecule is CS(=O)(=O)N1CCC(NC(=O)Nc2ccccn2)CC1. The van der Waals surface area contributed by atoms with Crippen molar-refractivity contribution < 1.29 is 13.2 Å². The Bertz CT molecular complexity index is 553. The maximum Gasteiger partial charge on any atom is 0.320 e. The molecule has 2 heterocycles. The van der Waals surface area contributed by atoms with E-state index in [0.717, 1.165) is 0 Å². The van der Waals surface area contributed by atoms with Crippen LogP contribution < -0.4 is 10.6 Å². The quantitative estimate of drug-likeness (QED) is 0.856. The zero-order valence-corrected chi connectivity index (χ0v) is 12.1. The van der Waals surface area contributed by atoms with Crippen LogP contribution in [0.1, 0.15) is 12.8 Å². The minimum absolute atomic E-state index is 0.0169. The fourth-order valence-electron chi connectivity index (χ4n) is 2.11. The molecule has 2 amide bonds. The molecule has 0 bridgehead atoms. The average molecular weight is 298 g/mol. The summed E-state index contributed by atoms with van der Waals surface area (Å²) in [5.41, 5.74) is 0. The summed E-state index contributed by atoms with van der Waals surface area (Å²) in [6, 6.07) is 4.92. The summed E-state index contributed by atoms with van der Waals surface area (Å²) in [7, 11) is -3.13. The van der Waals surface area contributed by atoms with Crippen molar-refractivity contribution >= 4 is 21.9 Å². The Balaban J connectivity index is 1.79. The van der Waals surface area contributed by atoms with Crippen LogP contribution in [-0.2, 0) is 10.0 Å². The molecule has 0 unspecified atom stereocenters. The Kier molecular flexibility index (Phi) is 4.56. The summed E-state index contributed by atoms with van der Waals surface area (Å²) in [5, 5.41) is 5.47. The molecule has 7 nitrogen and oxygen atoms in total. The third-order valence-corrected chi connectivity index (χ3v) is 4.47. The van der Waals surface area contributed by atoms with Crippen LogP contribution >= 0.6 is 0 Å². The number of sulfonamides is 1. The summed E-state index contributed by atoms with van der Waals surface area (Å²) in [6.45, 7) is 0.876. The number of nitrogens with zero attached hydrogens (tertiary/aromatic N) is 2. The number of pyridine rings is 1. The zero-order valence-electron chi connectivity index (χ0n) is 11.2. The second-order valence-electron chi connectivity index (χ2n) is 4.75. The predicted molar refractivity (Wildman–Crippen MR) is 75.8 cm³/mol. The van der Waals surface area contributed by atoms with Gasteiger partial charge in [-0.15, -0.1) is 0 Å². The summed E-state index contributed by atoms with van der Waals surface area (Å²) in [4.78, 5) is 15.8. The molecular weight excluding hydrogens is 280 g/mol. The number of nitrogens with one attached hydrogen (secondary N) is 2. The topological polar surface area (TPSA) is 91.4 Å². The molecule has 1 aliphatic heterocycles. The van der Waals surface area contributed by atoms with Crippen molar-refractivity contribution in [1.29, 1.82) is 0 Å². The van der Waals surface area contributed by atoms with Crippen molar-refractivity contribution in [2.24, 2.45) is 0 Å². The molecule has 1 aromatic rings. The highest BCUT2D eigenvalue weighted by Gasteiger charge is 2.25. The molecule has 1 saturated heterocycles. The second kappa shape index (κ2) is 6.19. The van der Waals surface area contributed by atoms with E-state index in [9.17, 15) is 13.2 Å². The number of carbonyl (C=O) groups is 1. The van der Waals surface area contributed by atoms with Crippen molar-refractivity contribution in [3.8, 4) is 0 Å². The maximum absolute atomic E-state index is 11.8. The number of urea groups is 1. The van der Waals surface area contributed by atoms with E-state index in [1.807, 2.05) is 0 Å².